The minimum atomic E-state index is 0.545. The van der Waals surface area contributed by atoms with E-state index in [1.807, 2.05) is 30.7 Å². The lowest BCUT2D eigenvalue weighted by atomic mass is 10.00. The zero-order valence-corrected chi connectivity index (χ0v) is 11.4. The molecule has 3 rings (SSSR count). The zero-order chi connectivity index (χ0) is 11.8. The number of nitrogens with one attached hydrogen (secondary N) is 1. The van der Waals surface area contributed by atoms with Gasteiger partial charge in [-0.2, -0.15) is 0 Å². The van der Waals surface area contributed by atoms with Crippen LogP contribution in [0.25, 0.3) is 5.69 Å². The van der Waals surface area contributed by atoms with Crippen LogP contribution in [-0.4, -0.2) is 22.6 Å². The van der Waals surface area contributed by atoms with E-state index in [0.29, 0.717) is 10.9 Å². The van der Waals surface area contributed by atoms with Gasteiger partial charge in [-0.05, 0) is 28.1 Å². The van der Waals surface area contributed by atoms with Crippen molar-refractivity contribution in [1.29, 1.82) is 0 Å². The molecular weight excluding hydrogens is 302 g/mol. The fourth-order valence-corrected chi connectivity index (χ4v) is 2.61. The number of nitrogens with zero attached hydrogens (tertiary/aromatic N) is 2. The lowest BCUT2D eigenvalue weighted by molar-refractivity contribution is 0.435. The molecule has 0 atom stereocenters. The molecule has 0 saturated carbocycles. The van der Waals surface area contributed by atoms with E-state index in [9.17, 15) is 0 Å². The monoisotopic (exact) mass is 311 g/mol. The summed E-state index contributed by atoms with van der Waals surface area (Å²) in [5, 5.41) is 3.99. The first-order chi connectivity index (χ1) is 8.27. The van der Waals surface area contributed by atoms with E-state index in [1.165, 1.54) is 5.69 Å². The summed E-state index contributed by atoms with van der Waals surface area (Å²) in [5.41, 5.74) is 2.27. The number of aromatic nitrogens is 2. The standard InChI is InChI=1S/C12H11BrClN3/c13-12-9(14)2-1-3-10(12)17-7-16-6-11(17)8-4-15-5-8/h1-3,6-8,15H,4-5H2. The van der Waals surface area contributed by atoms with Gasteiger partial charge < -0.3 is 9.88 Å². The van der Waals surface area contributed by atoms with Gasteiger partial charge in [0.2, 0.25) is 0 Å². The minimum Gasteiger partial charge on any atom is -0.315 e. The quantitative estimate of drug-likeness (QED) is 0.924. The minimum absolute atomic E-state index is 0.545. The van der Waals surface area contributed by atoms with Crippen LogP contribution < -0.4 is 5.32 Å². The maximum Gasteiger partial charge on any atom is 0.0994 e. The van der Waals surface area contributed by atoms with E-state index in [-0.39, 0.29) is 0 Å². The first kappa shape index (κ1) is 11.3. The molecule has 5 heteroatoms. The number of hydrogen-bond acceptors (Lipinski definition) is 2. The highest BCUT2D eigenvalue weighted by molar-refractivity contribution is 9.10. The molecule has 1 aromatic carbocycles. The van der Waals surface area contributed by atoms with Gasteiger partial charge in [-0.1, -0.05) is 17.7 Å². The highest BCUT2D eigenvalue weighted by Crippen LogP contribution is 2.31. The lowest BCUT2D eigenvalue weighted by Crippen LogP contribution is -2.40. The molecule has 1 fully saturated rings. The van der Waals surface area contributed by atoms with Gasteiger partial charge in [-0.3, -0.25) is 0 Å². The van der Waals surface area contributed by atoms with Crippen molar-refractivity contribution in [3.05, 3.63) is 45.9 Å². The van der Waals surface area contributed by atoms with E-state index in [4.69, 9.17) is 11.6 Å². The highest BCUT2D eigenvalue weighted by atomic mass is 79.9. The molecule has 17 heavy (non-hydrogen) atoms. The van der Waals surface area contributed by atoms with Crippen molar-refractivity contribution >= 4 is 27.5 Å². The number of imidazole rings is 1. The molecule has 0 unspecified atom stereocenters. The highest BCUT2D eigenvalue weighted by Gasteiger charge is 2.23. The van der Waals surface area contributed by atoms with Crippen LogP contribution >= 0.6 is 27.5 Å². The Labute approximate surface area is 113 Å². The molecule has 88 valence electrons. The largest absolute Gasteiger partial charge is 0.315 e. The molecule has 1 aliphatic rings. The van der Waals surface area contributed by atoms with Crippen LogP contribution in [0.2, 0.25) is 5.02 Å². The zero-order valence-electron chi connectivity index (χ0n) is 9.03. The SMILES string of the molecule is Clc1cccc(-n2cncc2C2CNC2)c1Br. The molecule has 3 nitrogen and oxygen atoms in total. The second kappa shape index (κ2) is 4.44. The summed E-state index contributed by atoms with van der Waals surface area (Å²) in [6, 6.07) is 5.86. The van der Waals surface area contributed by atoms with Crippen molar-refractivity contribution in [3.63, 3.8) is 0 Å². The Bertz CT molecular complexity index is 548. The second-order valence-electron chi connectivity index (χ2n) is 4.12. The van der Waals surface area contributed by atoms with E-state index >= 15 is 0 Å². The summed E-state index contributed by atoms with van der Waals surface area (Å²) in [5.74, 6) is 0.545. The third-order valence-electron chi connectivity index (χ3n) is 3.06. The van der Waals surface area contributed by atoms with Crippen LogP contribution in [0, 0.1) is 0 Å². The molecule has 0 radical (unpaired) electrons. The topological polar surface area (TPSA) is 29.9 Å². The van der Waals surface area contributed by atoms with Crippen molar-refractivity contribution in [2.75, 3.05) is 13.1 Å². The van der Waals surface area contributed by atoms with Crippen LogP contribution in [0.1, 0.15) is 11.6 Å². The number of rotatable bonds is 2. The Morgan fingerprint density at radius 2 is 2.24 bits per heavy atom. The maximum absolute atomic E-state index is 6.12. The van der Waals surface area contributed by atoms with Crippen molar-refractivity contribution in [2.24, 2.45) is 0 Å². The van der Waals surface area contributed by atoms with Gasteiger partial charge in [0.05, 0.1) is 21.5 Å². The molecule has 1 aromatic heterocycles. The van der Waals surface area contributed by atoms with Gasteiger partial charge >= 0.3 is 0 Å². The van der Waals surface area contributed by atoms with Gasteiger partial charge in [-0.25, -0.2) is 4.98 Å². The van der Waals surface area contributed by atoms with Crippen molar-refractivity contribution in [2.45, 2.75) is 5.92 Å². The molecule has 2 heterocycles. The Morgan fingerprint density at radius 3 is 2.94 bits per heavy atom. The summed E-state index contributed by atoms with van der Waals surface area (Å²) < 4.78 is 3.01. The summed E-state index contributed by atoms with van der Waals surface area (Å²) >= 11 is 9.65. The molecule has 0 aliphatic carbocycles. The average molecular weight is 313 g/mol. The molecular formula is C12H11BrClN3. The smallest absolute Gasteiger partial charge is 0.0994 e. The van der Waals surface area contributed by atoms with Crippen LogP contribution in [0.4, 0.5) is 0 Å². The fraction of sp³-hybridized carbons (Fsp3) is 0.250. The van der Waals surface area contributed by atoms with Gasteiger partial charge in [0, 0.05) is 30.9 Å². The number of halogens is 2. The average Bonchev–Trinajstić information content (AvgIpc) is 2.68. The van der Waals surface area contributed by atoms with Crippen molar-refractivity contribution in [1.82, 2.24) is 14.9 Å². The summed E-state index contributed by atoms with van der Waals surface area (Å²) in [6.45, 7) is 2.04. The molecule has 0 amide bonds. The van der Waals surface area contributed by atoms with Crippen molar-refractivity contribution < 1.29 is 0 Å². The van der Waals surface area contributed by atoms with Crippen LogP contribution in [-0.2, 0) is 0 Å². The van der Waals surface area contributed by atoms with E-state index in [1.54, 1.807) is 0 Å². The summed E-state index contributed by atoms with van der Waals surface area (Å²) in [7, 11) is 0. The Balaban J connectivity index is 2.09. The number of benzene rings is 1. The predicted molar refractivity (Wildman–Crippen MR) is 71.9 cm³/mol. The molecule has 1 N–H and O–H groups in total. The van der Waals surface area contributed by atoms with Crippen LogP contribution in [0.3, 0.4) is 0 Å². The Kier molecular flexibility index (Phi) is 2.94. The normalized spacial score (nSPS) is 15.9. The first-order valence-electron chi connectivity index (χ1n) is 5.44. The second-order valence-corrected chi connectivity index (χ2v) is 5.32. The van der Waals surface area contributed by atoms with Crippen LogP contribution in [0.5, 0.6) is 0 Å². The van der Waals surface area contributed by atoms with Crippen LogP contribution in [0.15, 0.2) is 35.2 Å². The molecule has 0 spiro atoms. The van der Waals surface area contributed by atoms with Gasteiger partial charge in [0.1, 0.15) is 0 Å². The molecule has 1 aliphatic heterocycles. The predicted octanol–water partition coefficient (Wildman–Crippen LogP) is 2.98. The molecule has 0 bridgehead atoms. The van der Waals surface area contributed by atoms with Gasteiger partial charge in [-0.15, -0.1) is 0 Å². The molecule has 1 saturated heterocycles. The molecule has 2 aromatic rings. The third kappa shape index (κ3) is 1.90. The van der Waals surface area contributed by atoms with E-state index in [2.05, 4.69) is 30.8 Å². The Hall–Kier alpha value is -0.840. The first-order valence-corrected chi connectivity index (χ1v) is 6.62. The summed E-state index contributed by atoms with van der Waals surface area (Å²) in [6.07, 6.45) is 3.77. The third-order valence-corrected chi connectivity index (χ3v) is 4.43. The Morgan fingerprint density at radius 1 is 1.41 bits per heavy atom. The fourth-order valence-electron chi connectivity index (χ4n) is 1.98. The summed E-state index contributed by atoms with van der Waals surface area (Å²) in [4.78, 5) is 4.24. The maximum atomic E-state index is 6.12. The van der Waals surface area contributed by atoms with E-state index < -0.39 is 0 Å². The lowest BCUT2D eigenvalue weighted by Gasteiger charge is -2.28. The number of hydrogen-bond donors (Lipinski definition) is 1. The van der Waals surface area contributed by atoms with Crippen molar-refractivity contribution in [3.8, 4) is 5.69 Å². The van der Waals surface area contributed by atoms with E-state index in [0.717, 1.165) is 23.2 Å². The van der Waals surface area contributed by atoms with Gasteiger partial charge in [0.15, 0.2) is 0 Å². The van der Waals surface area contributed by atoms with Gasteiger partial charge in [0.25, 0.3) is 0 Å².